The predicted octanol–water partition coefficient (Wildman–Crippen LogP) is 6.74. The molecule has 2 fully saturated rings. The van der Waals surface area contributed by atoms with Crippen molar-refractivity contribution in [3.8, 4) is 5.75 Å². The molecule has 230 valence electrons. The van der Waals surface area contributed by atoms with E-state index in [-0.39, 0.29) is 35.7 Å². The predicted molar refractivity (Wildman–Crippen MR) is 157 cm³/mol. The highest BCUT2D eigenvalue weighted by atomic mass is 35.5. The van der Waals surface area contributed by atoms with Gasteiger partial charge in [0.1, 0.15) is 23.6 Å². The molecule has 42 heavy (non-hydrogen) atoms. The standard InChI is InChI=1S/C32H41ClF2N2O5/c1-31(2,3)42-30(39)37-19-25(18-26(37)29(38)40-6)41-27-17-24(34)16-21(28(27)35)15-20-11-13-32(14-12-20,36(4)5)22-7-9-23(33)10-8-22/h7-10,16-17,20,25-26H,11-15,18-19H2,1-6H3/t20?,25-,26-,32?/m0/s1. The second kappa shape index (κ2) is 12.8. The van der Waals surface area contributed by atoms with Crippen LogP contribution in [0.5, 0.6) is 5.75 Å². The first kappa shape index (κ1) is 32.0. The number of carbonyl (C=O) groups is 2. The van der Waals surface area contributed by atoms with Gasteiger partial charge in [0.05, 0.1) is 13.7 Å². The van der Waals surface area contributed by atoms with Crippen LogP contribution in [0, 0.1) is 17.6 Å². The Morgan fingerprint density at radius 1 is 1.10 bits per heavy atom. The fourth-order valence-corrected chi connectivity index (χ4v) is 6.35. The number of benzene rings is 2. The number of hydrogen-bond acceptors (Lipinski definition) is 6. The Kier molecular flexibility index (Phi) is 9.72. The molecule has 2 atom stereocenters. The topological polar surface area (TPSA) is 68.3 Å². The molecule has 7 nitrogen and oxygen atoms in total. The van der Waals surface area contributed by atoms with Gasteiger partial charge in [0, 0.05) is 23.0 Å². The first-order valence-corrected chi connectivity index (χ1v) is 14.8. The summed E-state index contributed by atoms with van der Waals surface area (Å²) in [5.41, 5.74) is 0.533. The van der Waals surface area contributed by atoms with Gasteiger partial charge in [-0.05, 0) is 102 Å². The van der Waals surface area contributed by atoms with E-state index in [1.807, 2.05) is 12.1 Å². The van der Waals surface area contributed by atoms with Gasteiger partial charge in [0.15, 0.2) is 11.6 Å². The molecule has 0 N–H and O–H groups in total. The third kappa shape index (κ3) is 7.17. The number of likely N-dealkylation sites (tertiary alicyclic amines) is 1. The van der Waals surface area contributed by atoms with Crippen LogP contribution in [0.1, 0.15) is 64.0 Å². The molecule has 1 aliphatic heterocycles. The second-order valence-electron chi connectivity index (χ2n) is 12.6. The summed E-state index contributed by atoms with van der Waals surface area (Å²) in [6, 6.07) is 9.23. The summed E-state index contributed by atoms with van der Waals surface area (Å²) in [6.07, 6.45) is 2.45. The van der Waals surface area contributed by atoms with Crippen LogP contribution in [0.4, 0.5) is 13.6 Å². The van der Waals surface area contributed by atoms with Crippen LogP contribution in [0.2, 0.25) is 5.02 Å². The molecule has 1 saturated heterocycles. The molecule has 0 unspecified atom stereocenters. The molecular weight excluding hydrogens is 566 g/mol. The van der Waals surface area contributed by atoms with E-state index < -0.39 is 41.4 Å². The molecule has 0 aromatic heterocycles. The molecule has 2 aliphatic rings. The molecule has 4 rings (SSSR count). The molecule has 0 radical (unpaired) electrons. The summed E-state index contributed by atoms with van der Waals surface area (Å²) in [5.74, 6) is -1.91. The van der Waals surface area contributed by atoms with Gasteiger partial charge in [-0.2, -0.15) is 0 Å². The monoisotopic (exact) mass is 606 g/mol. The van der Waals surface area contributed by atoms with E-state index in [1.165, 1.54) is 23.6 Å². The Labute approximate surface area is 252 Å². The molecule has 10 heteroatoms. The molecule has 1 saturated carbocycles. The van der Waals surface area contributed by atoms with Crippen molar-refractivity contribution in [2.75, 3.05) is 27.7 Å². The number of esters is 1. The van der Waals surface area contributed by atoms with Gasteiger partial charge in [-0.1, -0.05) is 23.7 Å². The highest BCUT2D eigenvalue weighted by Gasteiger charge is 2.44. The van der Waals surface area contributed by atoms with Crippen molar-refractivity contribution in [3.63, 3.8) is 0 Å². The molecule has 0 spiro atoms. The van der Waals surface area contributed by atoms with Crippen molar-refractivity contribution in [2.45, 2.75) is 82.6 Å². The summed E-state index contributed by atoms with van der Waals surface area (Å²) in [5, 5.41) is 0.692. The number of rotatable bonds is 7. The van der Waals surface area contributed by atoms with Crippen LogP contribution in [-0.4, -0.2) is 67.4 Å². The minimum atomic E-state index is -0.953. The minimum Gasteiger partial charge on any atom is -0.485 e. The van der Waals surface area contributed by atoms with Crippen molar-refractivity contribution in [3.05, 3.63) is 64.2 Å². The summed E-state index contributed by atoms with van der Waals surface area (Å²) in [4.78, 5) is 28.7. The van der Waals surface area contributed by atoms with E-state index in [2.05, 4.69) is 31.1 Å². The third-order valence-corrected chi connectivity index (χ3v) is 8.67. The second-order valence-corrected chi connectivity index (χ2v) is 13.0. The van der Waals surface area contributed by atoms with Crippen molar-refractivity contribution >= 4 is 23.7 Å². The van der Waals surface area contributed by atoms with Gasteiger partial charge in [0.25, 0.3) is 0 Å². The van der Waals surface area contributed by atoms with Gasteiger partial charge in [-0.15, -0.1) is 0 Å². The smallest absolute Gasteiger partial charge is 0.411 e. The number of hydrogen-bond donors (Lipinski definition) is 0. The van der Waals surface area contributed by atoms with Crippen LogP contribution in [0.15, 0.2) is 36.4 Å². The molecule has 1 heterocycles. The van der Waals surface area contributed by atoms with Gasteiger partial charge in [-0.25, -0.2) is 18.4 Å². The Balaban J connectivity index is 1.46. The number of halogens is 3. The number of methoxy groups -OCH3 is 1. The largest absolute Gasteiger partial charge is 0.485 e. The van der Waals surface area contributed by atoms with Crippen LogP contribution in [0.25, 0.3) is 0 Å². The molecule has 2 aromatic rings. The molecule has 2 aromatic carbocycles. The van der Waals surface area contributed by atoms with Crippen LogP contribution in [0.3, 0.4) is 0 Å². The highest BCUT2D eigenvalue weighted by molar-refractivity contribution is 6.30. The summed E-state index contributed by atoms with van der Waals surface area (Å²) in [7, 11) is 5.37. The van der Waals surface area contributed by atoms with Crippen molar-refractivity contribution < 1.29 is 32.6 Å². The SMILES string of the molecule is COC(=O)[C@@H]1C[C@H](Oc2cc(F)cc(CC3CCC(c4ccc(Cl)cc4)(N(C)C)CC3)c2F)CN1C(=O)OC(C)(C)C. The van der Waals surface area contributed by atoms with E-state index in [0.29, 0.717) is 11.4 Å². The maximum absolute atomic E-state index is 15.7. The zero-order chi connectivity index (χ0) is 30.8. The van der Waals surface area contributed by atoms with Crippen LogP contribution < -0.4 is 4.74 Å². The van der Waals surface area contributed by atoms with E-state index >= 15 is 4.39 Å². The Bertz CT molecular complexity index is 1270. The quantitative estimate of drug-likeness (QED) is 0.325. The third-order valence-electron chi connectivity index (χ3n) is 8.42. The normalized spacial score (nSPS) is 24.5. The first-order valence-electron chi connectivity index (χ1n) is 14.4. The summed E-state index contributed by atoms with van der Waals surface area (Å²) in [6.45, 7) is 5.13. The number of nitrogens with zero attached hydrogens (tertiary/aromatic N) is 2. The number of ether oxygens (including phenoxy) is 3. The van der Waals surface area contributed by atoms with Crippen LogP contribution >= 0.6 is 11.6 Å². The molecule has 1 aliphatic carbocycles. The van der Waals surface area contributed by atoms with E-state index in [0.717, 1.165) is 31.7 Å². The maximum Gasteiger partial charge on any atom is 0.411 e. The van der Waals surface area contributed by atoms with Gasteiger partial charge < -0.3 is 14.2 Å². The fraction of sp³-hybridized carbons (Fsp3) is 0.562. The lowest BCUT2D eigenvalue weighted by molar-refractivity contribution is -0.145. The Hall–Kier alpha value is -2.91. The average molecular weight is 607 g/mol. The Morgan fingerprint density at radius 3 is 2.31 bits per heavy atom. The lowest BCUT2D eigenvalue weighted by Gasteiger charge is -2.45. The lowest BCUT2D eigenvalue weighted by atomic mass is 9.70. The summed E-state index contributed by atoms with van der Waals surface area (Å²) < 4.78 is 46.7. The first-order chi connectivity index (χ1) is 19.7. The zero-order valence-corrected chi connectivity index (χ0v) is 26.0. The van der Waals surface area contributed by atoms with E-state index in [4.69, 9.17) is 25.8 Å². The molecule has 1 amide bonds. The van der Waals surface area contributed by atoms with E-state index in [9.17, 15) is 14.0 Å². The Morgan fingerprint density at radius 2 is 1.74 bits per heavy atom. The molecular formula is C32H41ClF2N2O5. The van der Waals surface area contributed by atoms with Crippen LogP contribution in [-0.2, 0) is 26.2 Å². The number of amides is 1. The van der Waals surface area contributed by atoms with Crippen molar-refractivity contribution in [2.24, 2.45) is 5.92 Å². The van der Waals surface area contributed by atoms with Gasteiger partial charge >= 0.3 is 12.1 Å². The van der Waals surface area contributed by atoms with E-state index in [1.54, 1.807) is 20.8 Å². The average Bonchev–Trinajstić information content (AvgIpc) is 3.35. The van der Waals surface area contributed by atoms with Gasteiger partial charge in [0.2, 0.25) is 0 Å². The zero-order valence-electron chi connectivity index (χ0n) is 25.2. The number of carbonyl (C=O) groups excluding carboxylic acids is 2. The molecule has 0 bridgehead atoms. The van der Waals surface area contributed by atoms with Gasteiger partial charge in [-0.3, -0.25) is 9.80 Å². The minimum absolute atomic E-state index is 0.0279. The highest BCUT2D eigenvalue weighted by Crippen LogP contribution is 2.44. The lowest BCUT2D eigenvalue weighted by Crippen LogP contribution is -2.44. The maximum atomic E-state index is 15.7. The van der Waals surface area contributed by atoms with Crippen molar-refractivity contribution in [1.29, 1.82) is 0 Å². The fourth-order valence-electron chi connectivity index (χ4n) is 6.22. The van der Waals surface area contributed by atoms with Crippen molar-refractivity contribution in [1.82, 2.24) is 9.80 Å². The summed E-state index contributed by atoms with van der Waals surface area (Å²) >= 11 is 6.12.